The molecular formula is C23H33F5O3. The average molecular weight is 453 g/mol. The Morgan fingerprint density at radius 2 is 1.23 bits per heavy atom. The Hall–Kier alpha value is -1.25. The van der Waals surface area contributed by atoms with Crippen LogP contribution in [0, 0.1) is 35.0 Å². The van der Waals surface area contributed by atoms with Crippen LogP contribution in [0.4, 0.5) is 22.0 Å². The van der Waals surface area contributed by atoms with Gasteiger partial charge in [0, 0.05) is 5.56 Å². The summed E-state index contributed by atoms with van der Waals surface area (Å²) in [6, 6.07) is 0. The second-order valence-electron chi connectivity index (χ2n) is 8.51. The van der Waals surface area contributed by atoms with Gasteiger partial charge in [0.1, 0.15) is 0 Å². The Bertz CT molecular complexity index is 661. The normalized spacial score (nSPS) is 20.4. The highest BCUT2D eigenvalue weighted by Gasteiger charge is 2.35. The molecule has 0 aliphatic heterocycles. The second-order valence-corrected chi connectivity index (χ2v) is 8.51. The van der Waals surface area contributed by atoms with Gasteiger partial charge in [0.05, 0.1) is 6.10 Å². The van der Waals surface area contributed by atoms with E-state index in [0.717, 1.165) is 25.7 Å². The lowest BCUT2D eigenvalue weighted by Crippen LogP contribution is -2.32. The molecule has 0 aromatic heterocycles. The van der Waals surface area contributed by atoms with E-state index in [1.807, 2.05) is 0 Å². The van der Waals surface area contributed by atoms with Gasteiger partial charge in [-0.25, -0.2) is 22.0 Å². The van der Waals surface area contributed by atoms with Crippen LogP contribution in [0.15, 0.2) is 0 Å². The van der Waals surface area contributed by atoms with Crippen LogP contribution < -0.4 is 0 Å². The minimum Gasteiger partial charge on any atom is -0.346 e. The van der Waals surface area contributed by atoms with E-state index in [9.17, 15) is 32.2 Å². The molecule has 1 unspecified atom stereocenters. The van der Waals surface area contributed by atoms with Gasteiger partial charge in [-0.1, -0.05) is 51.9 Å². The van der Waals surface area contributed by atoms with Crippen molar-refractivity contribution in [2.24, 2.45) is 5.92 Å². The Balaban J connectivity index is 1.94. The van der Waals surface area contributed by atoms with Gasteiger partial charge in [0.25, 0.3) is 6.48 Å². The second kappa shape index (κ2) is 12.7. The fourth-order valence-corrected chi connectivity index (χ4v) is 4.63. The summed E-state index contributed by atoms with van der Waals surface area (Å²) in [5.41, 5.74) is -0.749. The number of ether oxygens (including phenoxy) is 1. The van der Waals surface area contributed by atoms with Gasteiger partial charge < -0.3 is 14.9 Å². The lowest BCUT2D eigenvalue weighted by molar-refractivity contribution is -0.266. The van der Waals surface area contributed by atoms with E-state index in [1.54, 1.807) is 0 Å². The maximum atomic E-state index is 14.1. The first kappa shape index (κ1) is 26.0. The third kappa shape index (κ3) is 7.12. The fourth-order valence-electron chi connectivity index (χ4n) is 4.63. The third-order valence-corrected chi connectivity index (χ3v) is 6.34. The number of hydrogen-bond acceptors (Lipinski definition) is 3. The summed E-state index contributed by atoms with van der Waals surface area (Å²) < 4.78 is 73.9. The molecule has 1 aromatic carbocycles. The van der Waals surface area contributed by atoms with Gasteiger partial charge in [-0.05, 0) is 43.9 Å². The number of aliphatic hydroxyl groups excluding tert-OH is 1. The molecule has 2 N–H and O–H groups in total. The van der Waals surface area contributed by atoms with E-state index >= 15 is 0 Å². The summed E-state index contributed by atoms with van der Waals surface area (Å²) in [6.45, 7) is 0.241. The van der Waals surface area contributed by atoms with Crippen molar-refractivity contribution < 1.29 is 36.9 Å². The number of unbranched alkanes of at least 4 members (excludes halogenated alkanes) is 6. The van der Waals surface area contributed by atoms with Crippen LogP contribution in [0.2, 0.25) is 0 Å². The van der Waals surface area contributed by atoms with Gasteiger partial charge in [-0.3, -0.25) is 0 Å². The van der Waals surface area contributed by atoms with Crippen molar-refractivity contribution in [2.45, 2.75) is 102 Å². The molecule has 3 nitrogen and oxygen atoms in total. The predicted octanol–water partition coefficient (Wildman–Crippen LogP) is 6.45. The minimum absolute atomic E-state index is 0.0700. The average Bonchev–Trinajstić information content (AvgIpc) is 2.75. The monoisotopic (exact) mass is 452 g/mol. The smallest absolute Gasteiger partial charge is 0.266 e. The Morgan fingerprint density at radius 1 is 0.742 bits per heavy atom. The van der Waals surface area contributed by atoms with Crippen molar-refractivity contribution in [3.63, 3.8) is 0 Å². The fraction of sp³-hybridized carbons (Fsp3) is 0.739. The molecule has 2 rings (SSSR count). The lowest BCUT2D eigenvalue weighted by Gasteiger charge is -2.34. The van der Waals surface area contributed by atoms with Gasteiger partial charge in [-0.2, -0.15) is 0 Å². The van der Waals surface area contributed by atoms with Gasteiger partial charge in [-0.15, -0.1) is 0 Å². The van der Waals surface area contributed by atoms with Crippen molar-refractivity contribution in [3.8, 4) is 0 Å². The van der Waals surface area contributed by atoms with Crippen LogP contribution in [-0.4, -0.2) is 22.8 Å². The zero-order chi connectivity index (χ0) is 23.0. The molecule has 0 spiro atoms. The highest BCUT2D eigenvalue weighted by atomic mass is 19.2. The predicted molar refractivity (Wildman–Crippen MR) is 107 cm³/mol. The quantitative estimate of drug-likeness (QED) is 0.126. The van der Waals surface area contributed by atoms with Crippen molar-refractivity contribution in [3.05, 3.63) is 34.6 Å². The maximum absolute atomic E-state index is 14.1. The Kier molecular flexibility index (Phi) is 10.7. The van der Waals surface area contributed by atoms with Crippen LogP contribution in [0.1, 0.15) is 95.5 Å². The molecule has 1 aliphatic rings. The van der Waals surface area contributed by atoms with Gasteiger partial charge in [0.2, 0.25) is 5.82 Å². The molecule has 0 bridgehead atoms. The van der Waals surface area contributed by atoms with E-state index in [-0.39, 0.29) is 18.8 Å². The Morgan fingerprint density at radius 3 is 1.74 bits per heavy atom. The number of rotatable bonds is 12. The molecule has 1 saturated carbocycles. The van der Waals surface area contributed by atoms with E-state index in [0.29, 0.717) is 19.3 Å². The minimum atomic E-state index is -2.15. The van der Waals surface area contributed by atoms with Gasteiger partial charge >= 0.3 is 0 Å². The van der Waals surface area contributed by atoms with Crippen LogP contribution in [0.5, 0.6) is 0 Å². The van der Waals surface area contributed by atoms with Crippen molar-refractivity contribution in [1.82, 2.24) is 0 Å². The standard InChI is InChI=1S/C23H33F5O3/c1-2-3-4-5-6-7-8-9-16(31-23(29)30)14-10-12-15(13-11-14)17-18(24)20(26)22(28)21(27)19(17)25/h14-16,23,29-30H,2-13H2,1H3. The molecule has 0 amide bonds. The first-order chi connectivity index (χ1) is 14.8. The molecule has 0 radical (unpaired) electrons. The molecule has 1 aromatic rings. The van der Waals surface area contributed by atoms with E-state index in [2.05, 4.69) is 6.92 Å². The summed E-state index contributed by atoms with van der Waals surface area (Å²) in [4.78, 5) is 0. The largest absolute Gasteiger partial charge is 0.346 e. The van der Waals surface area contributed by atoms with Gasteiger partial charge in [0.15, 0.2) is 23.3 Å². The summed E-state index contributed by atoms with van der Waals surface area (Å²) in [7, 11) is 0. The van der Waals surface area contributed by atoms with E-state index < -0.39 is 53.1 Å². The van der Waals surface area contributed by atoms with Crippen LogP contribution >= 0.6 is 0 Å². The van der Waals surface area contributed by atoms with Crippen molar-refractivity contribution >= 4 is 0 Å². The van der Waals surface area contributed by atoms with Crippen LogP contribution in [0.25, 0.3) is 0 Å². The molecule has 8 heteroatoms. The summed E-state index contributed by atoms with van der Waals surface area (Å²) in [5.74, 6) is -10.4. The first-order valence-electron chi connectivity index (χ1n) is 11.3. The molecule has 1 atom stereocenters. The highest BCUT2D eigenvalue weighted by Crippen LogP contribution is 2.41. The molecule has 1 fully saturated rings. The van der Waals surface area contributed by atoms with Crippen molar-refractivity contribution in [2.75, 3.05) is 0 Å². The SMILES string of the molecule is CCCCCCCCCC(OC(O)O)C1CCC(c2c(F)c(F)c(F)c(F)c2F)CC1. The van der Waals surface area contributed by atoms with E-state index in [4.69, 9.17) is 4.74 Å². The Labute approximate surface area is 180 Å². The highest BCUT2D eigenvalue weighted by molar-refractivity contribution is 5.27. The summed E-state index contributed by atoms with van der Waals surface area (Å²) >= 11 is 0. The molecule has 0 heterocycles. The van der Waals surface area contributed by atoms with E-state index in [1.165, 1.54) is 19.3 Å². The number of aliphatic hydroxyl groups is 2. The summed E-state index contributed by atoms with van der Waals surface area (Å²) in [5, 5.41) is 18.5. The lowest BCUT2D eigenvalue weighted by atomic mass is 9.75. The van der Waals surface area contributed by atoms with Crippen molar-refractivity contribution in [1.29, 1.82) is 0 Å². The first-order valence-corrected chi connectivity index (χ1v) is 11.3. The molecule has 0 saturated heterocycles. The zero-order valence-corrected chi connectivity index (χ0v) is 18.0. The topological polar surface area (TPSA) is 49.7 Å². The summed E-state index contributed by atoms with van der Waals surface area (Å²) in [6.07, 6.45) is 9.29. The zero-order valence-electron chi connectivity index (χ0n) is 18.0. The number of halogens is 5. The molecule has 1 aliphatic carbocycles. The maximum Gasteiger partial charge on any atom is 0.266 e. The van der Waals surface area contributed by atoms with Crippen LogP contribution in [-0.2, 0) is 4.74 Å². The molecule has 178 valence electrons. The number of hydrogen-bond donors (Lipinski definition) is 2. The third-order valence-electron chi connectivity index (χ3n) is 6.34. The molecule has 31 heavy (non-hydrogen) atoms. The molecular weight excluding hydrogens is 419 g/mol. The van der Waals surface area contributed by atoms with Crippen LogP contribution in [0.3, 0.4) is 0 Å². The number of benzene rings is 1.